The molecule has 0 saturated heterocycles. The van der Waals surface area contributed by atoms with E-state index in [2.05, 4.69) is 22.2 Å². The minimum absolute atomic E-state index is 0.0310. The van der Waals surface area contributed by atoms with Gasteiger partial charge in [-0.1, -0.05) is 13.3 Å². The first kappa shape index (κ1) is 12.2. The summed E-state index contributed by atoms with van der Waals surface area (Å²) >= 11 is 0. The molecule has 0 aliphatic rings. The number of non-ortho nitro benzene ring substituents is 1. The fourth-order valence-corrected chi connectivity index (χ4v) is 1.59. The predicted molar refractivity (Wildman–Crippen MR) is 69.6 cm³/mol. The highest BCUT2D eigenvalue weighted by Crippen LogP contribution is 2.18. The Balaban J connectivity index is 2.24. The maximum atomic E-state index is 10.6. The van der Waals surface area contributed by atoms with Gasteiger partial charge in [0.2, 0.25) is 0 Å². The quantitative estimate of drug-likeness (QED) is 0.498. The van der Waals surface area contributed by atoms with E-state index >= 15 is 0 Å². The van der Waals surface area contributed by atoms with Crippen molar-refractivity contribution in [1.82, 2.24) is 9.97 Å². The smallest absolute Gasteiger partial charge is 0.271 e. The number of nitrogens with one attached hydrogen (secondary N) is 1. The second-order valence-electron chi connectivity index (χ2n) is 3.97. The molecule has 0 radical (unpaired) electrons. The highest BCUT2D eigenvalue weighted by atomic mass is 16.6. The van der Waals surface area contributed by atoms with Crippen LogP contribution in [0.15, 0.2) is 24.4 Å². The molecule has 18 heavy (non-hydrogen) atoms. The molecule has 0 bridgehead atoms. The van der Waals surface area contributed by atoms with Crippen molar-refractivity contribution in [3.05, 3.63) is 34.5 Å². The molecule has 2 aromatic rings. The molecule has 0 unspecified atom stereocenters. The summed E-state index contributed by atoms with van der Waals surface area (Å²) in [6, 6.07) is 4.48. The number of nitro benzene ring substituents is 1. The summed E-state index contributed by atoms with van der Waals surface area (Å²) in [4.78, 5) is 18.7. The Kier molecular flexibility index (Phi) is 3.66. The van der Waals surface area contributed by atoms with E-state index in [4.69, 9.17) is 0 Å². The summed E-state index contributed by atoms with van der Waals surface area (Å²) in [6.45, 7) is 2.97. The van der Waals surface area contributed by atoms with Crippen molar-refractivity contribution < 1.29 is 4.92 Å². The van der Waals surface area contributed by atoms with Gasteiger partial charge in [-0.25, -0.2) is 4.98 Å². The van der Waals surface area contributed by atoms with Crippen molar-refractivity contribution >= 4 is 22.5 Å². The molecule has 0 aliphatic heterocycles. The van der Waals surface area contributed by atoms with E-state index in [-0.39, 0.29) is 5.69 Å². The summed E-state index contributed by atoms with van der Waals surface area (Å²) in [5.74, 6) is 0.699. The molecule has 1 aromatic carbocycles. The van der Waals surface area contributed by atoms with Crippen LogP contribution in [0, 0.1) is 10.1 Å². The van der Waals surface area contributed by atoms with Gasteiger partial charge in [0.05, 0.1) is 22.2 Å². The van der Waals surface area contributed by atoms with Crippen LogP contribution in [0.1, 0.15) is 19.8 Å². The van der Waals surface area contributed by atoms with Gasteiger partial charge in [-0.2, -0.15) is 0 Å². The summed E-state index contributed by atoms with van der Waals surface area (Å²) in [7, 11) is 0. The Hall–Kier alpha value is -2.24. The second kappa shape index (κ2) is 5.39. The predicted octanol–water partition coefficient (Wildman–Crippen LogP) is 2.75. The van der Waals surface area contributed by atoms with E-state index < -0.39 is 4.92 Å². The van der Waals surface area contributed by atoms with Gasteiger partial charge in [0.25, 0.3) is 5.69 Å². The standard InChI is InChI=1S/C12H14N4O2/c1-2-3-6-13-12-8-14-11-7-9(16(17)18)4-5-10(11)15-12/h4-5,7-8H,2-3,6H2,1H3,(H,13,15). The summed E-state index contributed by atoms with van der Waals surface area (Å²) < 4.78 is 0. The molecule has 6 nitrogen and oxygen atoms in total. The van der Waals surface area contributed by atoms with Crippen LogP contribution in [0.5, 0.6) is 0 Å². The van der Waals surface area contributed by atoms with E-state index in [0.717, 1.165) is 19.4 Å². The van der Waals surface area contributed by atoms with Crippen molar-refractivity contribution in [2.75, 3.05) is 11.9 Å². The van der Waals surface area contributed by atoms with Crippen LogP contribution in [0.4, 0.5) is 11.5 Å². The molecule has 2 rings (SSSR count). The van der Waals surface area contributed by atoms with Gasteiger partial charge >= 0.3 is 0 Å². The second-order valence-corrected chi connectivity index (χ2v) is 3.97. The third-order valence-corrected chi connectivity index (χ3v) is 2.57. The lowest BCUT2D eigenvalue weighted by Crippen LogP contribution is -2.03. The van der Waals surface area contributed by atoms with Gasteiger partial charge in [0.15, 0.2) is 0 Å². The molecule has 0 amide bonds. The molecule has 0 fully saturated rings. The number of anilines is 1. The Bertz CT molecular complexity index is 571. The van der Waals surface area contributed by atoms with Gasteiger partial charge in [-0.15, -0.1) is 0 Å². The van der Waals surface area contributed by atoms with Crippen LogP contribution in [0.2, 0.25) is 0 Å². The topological polar surface area (TPSA) is 81.0 Å². The molecule has 0 spiro atoms. The van der Waals surface area contributed by atoms with Gasteiger partial charge in [0.1, 0.15) is 5.82 Å². The molecule has 0 saturated carbocycles. The zero-order valence-corrected chi connectivity index (χ0v) is 10.1. The maximum absolute atomic E-state index is 10.6. The van der Waals surface area contributed by atoms with Gasteiger partial charge in [0, 0.05) is 18.7 Å². The first-order valence-corrected chi connectivity index (χ1v) is 5.86. The average Bonchev–Trinajstić information content (AvgIpc) is 2.38. The lowest BCUT2D eigenvalue weighted by atomic mass is 10.2. The van der Waals surface area contributed by atoms with Crippen LogP contribution in [0.3, 0.4) is 0 Å². The normalized spacial score (nSPS) is 10.5. The molecule has 94 valence electrons. The molecule has 1 N–H and O–H groups in total. The van der Waals surface area contributed by atoms with Gasteiger partial charge in [-0.05, 0) is 12.5 Å². The first-order valence-electron chi connectivity index (χ1n) is 5.86. The maximum Gasteiger partial charge on any atom is 0.271 e. The Morgan fingerprint density at radius 1 is 1.39 bits per heavy atom. The number of hydrogen-bond donors (Lipinski definition) is 1. The number of fused-ring (bicyclic) bond motifs is 1. The Morgan fingerprint density at radius 3 is 2.94 bits per heavy atom. The van der Waals surface area contributed by atoms with Crippen molar-refractivity contribution in [1.29, 1.82) is 0 Å². The number of unbranched alkanes of at least 4 members (excludes halogenated alkanes) is 1. The van der Waals surface area contributed by atoms with Crippen LogP contribution in [0.25, 0.3) is 11.0 Å². The molecule has 1 aromatic heterocycles. The fraction of sp³-hybridized carbons (Fsp3) is 0.333. The number of nitrogens with zero attached hydrogens (tertiary/aromatic N) is 3. The third-order valence-electron chi connectivity index (χ3n) is 2.57. The van der Waals surface area contributed by atoms with Crippen LogP contribution >= 0.6 is 0 Å². The van der Waals surface area contributed by atoms with Crippen LogP contribution in [-0.2, 0) is 0 Å². The van der Waals surface area contributed by atoms with Gasteiger partial charge in [-0.3, -0.25) is 15.1 Å². The molecular weight excluding hydrogens is 232 g/mol. The highest BCUT2D eigenvalue weighted by Gasteiger charge is 2.07. The average molecular weight is 246 g/mol. The zero-order valence-electron chi connectivity index (χ0n) is 10.1. The SMILES string of the molecule is CCCCNc1cnc2cc([N+](=O)[O-])ccc2n1. The van der Waals surface area contributed by atoms with E-state index in [9.17, 15) is 10.1 Å². The molecule has 0 aliphatic carbocycles. The summed E-state index contributed by atoms with van der Waals surface area (Å²) in [5, 5.41) is 13.8. The van der Waals surface area contributed by atoms with Crippen molar-refractivity contribution in [2.45, 2.75) is 19.8 Å². The first-order chi connectivity index (χ1) is 8.70. The fourth-order valence-electron chi connectivity index (χ4n) is 1.59. The molecular formula is C12H14N4O2. The van der Waals surface area contributed by atoms with E-state index in [1.807, 2.05) is 0 Å². The van der Waals surface area contributed by atoms with E-state index in [1.54, 1.807) is 12.3 Å². The van der Waals surface area contributed by atoms with Crippen molar-refractivity contribution in [3.8, 4) is 0 Å². The summed E-state index contributed by atoms with van der Waals surface area (Å²) in [6.07, 6.45) is 3.78. The number of aromatic nitrogens is 2. The Morgan fingerprint density at radius 2 is 2.22 bits per heavy atom. The van der Waals surface area contributed by atoms with Crippen molar-refractivity contribution in [3.63, 3.8) is 0 Å². The minimum Gasteiger partial charge on any atom is -0.369 e. The largest absolute Gasteiger partial charge is 0.369 e. The lowest BCUT2D eigenvalue weighted by Gasteiger charge is -2.04. The lowest BCUT2D eigenvalue weighted by molar-refractivity contribution is -0.384. The summed E-state index contributed by atoms with van der Waals surface area (Å²) in [5.41, 5.74) is 1.22. The number of benzene rings is 1. The molecule has 6 heteroatoms. The van der Waals surface area contributed by atoms with E-state index in [1.165, 1.54) is 12.1 Å². The van der Waals surface area contributed by atoms with Gasteiger partial charge < -0.3 is 5.32 Å². The molecule has 0 atom stereocenters. The third kappa shape index (κ3) is 2.71. The zero-order chi connectivity index (χ0) is 13.0. The minimum atomic E-state index is -0.436. The Labute approximate surface area is 104 Å². The highest BCUT2D eigenvalue weighted by molar-refractivity contribution is 5.78. The number of hydrogen-bond acceptors (Lipinski definition) is 5. The van der Waals surface area contributed by atoms with E-state index in [0.29, 0.717) is 16.9 Å². The number of nitro groups is 1. The van der Waals surface area contributed by atoms with Crippen LogP contribution in [-0.4, -0.2) is 21.4 Å². The number of rotatable bonds is 5. The van der Waals surface area contributed by atoms with Crippen molar-refractivity contribution in [2.24, 2.45) is 0 Å². The monoisotopic (exact) mass is 246 g/mol. The van der Waals surface area contributed by atoms with Crippen LogP contribution < -0.4 is 5.32 Å². The molecule has 1 heterocycles.